The molecular weight excluding hydrogens is 380 g/mol. The van der Waals surface area contributed by atoms with Gasteiger partial charge in [0.2, 0.25) is 0 Å². The first-order chi connectivity index (χ1) is 13.9. The van der Waals surface area contributed by atoms with Crippen molar-refractivity contribution < 1.29 is 9.53 Å². The molecule has 0 spiro atoms. The molecule has 8 heteroatoms. The molecule has 1 aliphatic rings. The molecule has 3 heterocycles. The number of aryl methyl sites for hydroxylation is 1. The fourth-order valence-electron chi connectivity index (χ4n) is 3.90. The summed E-state index contributed by atoms with van der Waals surface area (Å²) in [5.74, 6) is 0.714. The van der Waals surface area contributed by atoms with Crippen molar-refractivity contribution in [3.05, 3.63) is 23.5 Å². The molecule has 30 heavy (non-hydrogen) atoms. The van der Waals surface area contributed by atoms with Gasteiger partial charge in [0.05, 0.1) is 11.9 Å². The molecule has 0 radical (unpaired) electrons. The van der Waals surface area contributed by atoms with E-state index in [1.165, 1.54) is 16.2 Å². The highest BCUT2D eigenvalue weighted by molar-refractivity contribution is 5.90. The molecule has 1 amide bonds. The summed E-state index contributed by atoms with van der Waals surface area (Å²) in [5, 5.41) is 4.76. The first-order valence-corrected chi connectivity index (χ1v) is 10.3. The van der Waals surface area contributed by atoms with Gasteiger partial charge in [-0.25, -0.2) is 14.8 Å². The van der Waals surface area contributed by atoms with Gasteiger partial charge in [-0.1, -0.05) is 13.8 Å². The lowest BCUT2D eigenvalue weighted by Crippen LogP contribution is -2.34. The van der Waals surface area contributed by atoms with Crippen LogP contribution in [0, 0.1) is 5.41 Å². The Balaban J connectivity index is 1.67. The average molecular weight is 411 g/mol. The number of imidazole rings is 1. The zero-order valence-electron chi connectivity index (χ0n) is 18.8. The Hall–Kier alpha value is -2.90. The summed E-state index contributed by atoms with van der Waals surface area (Å²) in [7, 11) is 3.67. The van der Waals surface area contributed by atoms with Gasteiger partial charge in [0.25, 0.3) is 0 Å². The summed E-state index contributed by atoms with van der Waals surface area (Å²) in [6, 6.07) is 1.84. The number of aromatic nitrogens is 5. The molecule has 0 saturated heterocycles. The van der Waals surface area contributed by atoms with Gasteiger partial charge in [0.15, 0.2) is 11.5 Å². The van der Waals surface area contributed by atoms with Gasteiger partial charge in [0, 0.05) is 25.4 Å². The first-order valence-electron chi connectivity index (χ1n) is 10.3. The van der Waals surface area contributed by atoms with Crippen LogP contribution in [0.2, 0.25) is 0 Å². The number of amides is 1. The molecule has 4 rings (SSSR count). The van der Waals surface area contributed by atoms with Crippen LogP contribution in [0.5, 0.6) is 0 Å². The molecule has 0 aliphatic heterocycles. The molecule has 0 fully saturated rings. The van der Waals surface area contributed by atoms with E-state index in [-0.39, 0.29) is 5.41 Å². The van der Waals surface area contributed by atoms with Crippen molar-refractivity contribution in [1.82, 2.24) is 24.7 Å². The number of hydrogen-bond acceptors (Lipinski definition) is 5. The zero-order chi connectivity index (χ0) is 21.8. The predicted molar refractivity (Wildman–Crippen MR) is 117 cm³/mol. The van der Waals surface area contributed by atoms with Crippen LogP contribution < -0.4 is 4.90 Å². The Labute approximate surface area is 176 Å². The molecule has 3 aromatic rings. The standard InChI is InChI=1S/C22H30N6O2/c1-21(2,3)30-20(29)27(6)13-10-15-18(23-12-13)25-19(24-15)17-14-8-9-22(4,5)11-16(14)28(7)26-17/h10,12H,8-9,11H2,1-7H3,(H,23,24,25). The maximum absolute atomic E-state index is 12.4. The molecule has 1 aliphatic carbocycles. The van der Waals surface area contributed by atoms with E-state index in [0.717, 1.165) is 25.0 Å². The normalized spacial score (nSPS) is 15.8. The average Bonchev–Trinajstić information content (AvgIpc) is 3.19. The Morgan fingerprint density at radius 2 is 2.07 bits per heavy atom. The number of carbonyl (C=O) groups excluding carboxylic acids is 1. The third-order valence-corrected chi connectivity index (χ3v) is 5.57. The molecule has 3 aromatic heterocycles. The van der Waals surface area contributed by atoms with E-state index in [2.05, 4.69) is 23.8 Å². The van der Waals surface area contributed by atoms with Gasteiger partial charge >= 0.3 is 6.09 Å². The monoisotopic (exact) mass is 410 g/mol. The van der Waals surface area contributed by atoms with E-state index < -0.39 is 11.7 Å². The minimum Gasteiger partial charge on any atom is -0.443 e. The van der Waals surface area contributed by atoms with Gasteiger partial charge in [0.1, 0.15) is 16.8 Å². The van der Waals surface area contributed by atoms with Crippen LogP contribution in [0.4, 0.5) is 10.5 Å². The van der Waals surface area contributed by atoms with Crippen LogP contribution in [-0.2, 0) is 24.6 Å². The van der Waals surface area contributed by atoms with Crippen molar-refractivity contribution in [1.29, 1.82) is 0 Å². The van der Waals surface area contributed by atoms with Crippen molar-refractivity contribution in [3.8, 4) is 11.5 Å². The number of nitrogens with one attached hydrogen (secondary N) is 1. The van der Waals surface area contributed by atoms with Gasteiger partial charge in [-0.3, -0.25) is 9.58 Å². The number of rotatable bonds is 2. The summed E-state index contributed by atoms with van der Waals surface area (Å²) < 4.78 is 7.42. The summed E-state index contributed by atoms with van der Waals surface area (Å²) in [6.07, 6.45) is 4.34. The van der Waals surface area contributed by atoms with E-state index in [9.17, 15) is 4.79 Å². The van der Waals surface area contributed by atoms with Crippen LogP contribution in [-0.4, -0.2) is 43.5 Å². The highest BCUT2D eigenvalue weighted by Gasteiger charge is 2.31. The van der Waals surface area contributed by atoms with Gasteiger partial charge in [-0.15, -0.1) is 0 Å². The second-order valence-electron chi connectivity index (χ2n) is 9.92. The van der Waals surface area contributed by atoms with Crippen LogP contribution in [0.1, 0.15) is 52.3 Å². The lowest BCUT2D eigenvalue weighted by Gasteiger charge is -2.29. The fourth-order valence-corrected chi connectivity index (χ4v) is 3.90. The van der Waals surface area contributed by atoms with Crippen molar-refractivity contribution in [2.75, 3.05) is 11.9 Å². The lowest BCUT2D eigenvalue weighted by molar-refractivity contribution is 0.0589. The van der Waals surface area contributed by atoms with E-state index in [1.54, 1.807) is 13.2 Å². The predicted octanol–water partition coefficient (Wildman–Crippen LogP) is 4.24. The molecule has 160 valence electrons. The Morgan fingerprint density at radius 3 is 2.77 bits per heavy atom. The Kier molecular flexibility index (Phi) is 4.63. The van der Waals surface area contributed by atoms with E-state index in [0.29, 0.717) is 22.7 Å². The van der Waals surface area contributed by atoms with Crippen LogP contribution in [0.3, 0.4) is 0 Å². The Morgan fingerprint density at radius 1 is 1.33 bits per heavy atom. The Bertz CT molecular complexity index is 1120. The molecule has 8 nitrogen and oxygen atoms in total. The third-order valence-electron chi connectivity index (χ3n) is 5.57. The summed E-state index contributed by atoms with van der Waals surface area (Å²) in [4.78, 5) is 26.3. The topological polar surface area (TPSA) is 88.9 Å². The molecule has 0 unspecified atom stereocenters. The van der Waals surface area contributed by atoms with Gasteiger partial charge in [-0.05, 0) is 51.5 Å². The van der Waals surface area contributed by atoms with Crippen molar-refractivity contribution in [2.24, 2.45) is 12.5 Å². The van der Waals surface area contributed by atoms with Crippen molar-refractivity contribution in [2.45, 2.75) is 59.5 Å². The first kappa shape index (κ1) is 20.4. The summed E-state index contributed by atoms with van der Waals surface area (Å²) >= 11 is 0. The quantitative estimate of drug-likeness (QED) is 0.682. The number of nitrogens with zero attached hydrogens (tertiary/aromatic N) is 5. The highest BCUT2D eigenvalue weighted by atomic mass is 16.6. The minimum absolute atomic E-state index is 0.286. The number of hydrogen-bond donors (Lipinski definition) is 1. The van der Waals surface area contributed by atoms with Crippen LogP contribution in [0.15, 0.2) is 12.3 Å². The fraction of sp³-hybridized carbons (Fsp3) is 0.545. The minimum atomic E-state index is -0.561. The maximum atomic E-state index is 12.4. The number of carbonyl (C=O) groups is 1. The number of ether oxygens (including phenoxy) is 1. The van der Waals surface area contributed by atoms with Crippen molar-refractivity contribution in [3.63, 3.8) is 0 Å². The molecule has 0 bridgehead atoms. The maximum Gasteiger partial charge on any atom is 0.414 e. The van der Waals surface area contributed by atoms with E-state index in [1.807, 2.05) is 38.6 Å². The largest absolute Gasteiger partial charge is 0.443 e. The number of fused-ring (bicyclic) bond motifs is 2. The van der Waals surface area contributed by atoms with E-state index >= 15 is 0 Å². The molecule has 1 N–H and O–H groups in total. The molecule has 0 atom stereocenters. The van der Waals surface area contributed by atoms with E-state index in [4.69, 9.17) is 14.8 Å². The number of H-pyrrole nitrogens is 1. The lowest BCUT2D eigenvalue weighted by atomic mass is 9.76. The van der Waals surface area contributed by atoms with Gasteiger partial charge in [-0.2, -0.15) is 5.10 Å². The number of aromatic amines is 1. The summed E-state index contributed by atoms with van der Waals surface area (Å²) in [6.45, 7) is 10.1. The van der Waals surface area contributed by atoms with Gasteiger partial charge < -0.3 is 9.72 Å². The third kappa shape index (κ3) is 3.78. The summed E-state index contributed by atoms with van der Waals surface area (Å²) in [5.41, 5.74) is 5.14. The van der Waals surface area contributed by atoms with Crippen molar-refractivity contribution >= 4 is 22.9 Å². The highest BCUT2D eigenvalue weighted by Crippen LogP contribution is 2.38. The van der Waals surface area contributed by atoms with Crippen LogP contribution >= 0.6 is 0 Å². The zero-order valence-corrected chi connectivity index (χ0v) is 18.8. The smallest absolute Gasteiger partial charge is 0.414 e. The number of anilines is 1. The SMILES string of the molecule is CN(C(=O)OC(C)(C)C)c1cnc2[nH]c(-c3nn(C)c4c3CCC(C)(C)C4)nc2c1. The number of pyridine rings is 1. The molecule has 0 saturated carbocycles. The second kappa shape index (κ2) is 6.82. The molecule has 0 aromatic carbocycles. The second-order valence-corrected chi connectivity index (χ2v) is 9.92. The van der Waals surface area contributed by atoms with Crippen LogP contribution in [0.25, 0.3) is 22.7 Å². The molecular formula is C22H30N6O2.